The van der Waals surface area contributed by atoms with Crippen molar-refractivity contribution in [1.29, 1.82) is 0 Å². The number of carbonyl (C=O) groups is 2. The van der Waals surface area contributed by atoms with Crippen molar-refractivity contribution in [3.8, 4) is 5.75 Å². The maximum absolute atomic E-state index is 14.5. The van der Waals surface area contributed by atoms with E-state index in [1.807, 2.05) is 63.2 Å². The number of nitrogens with zero attached hydrogens (tertiary/aromatic N) is 2. The lowest BCUT2D eigenvalue weighted by molar-refractivity contribution is -0.0115. The molecule has 4 aromatic rings. The van der Waals surface area contributed by atoms with E-state index < -0.39 is 28.1 Å². The van der Waals surface area contributed by atoms with Gasteiger partial charge in [0.25, 0.3) is 15.9 Å². The van der Waals surface area contributed by atoms with Gasteiger partial charge in [0.15, 0.2) is 0 Å². The molecule has 0 bridgehead atoms. The summed E-state index contributed by atoms with van der Waals surface area (Å²) < 4.78 is 41.9. The van der Waals surface area contributed by atoms with E-state index in [9.17, 15) is 23.1 Å². The number of likely N-dealkylation sites (N-methyl/N-ethyl adjacent to an activating group) is 1. The van der Waals surface area contributed by atoms with Crippen LogP contribution < -0.4 is 14.8 Å². The van der Waals surface area contributed by atoms with Crippen molar-refractivity contribution in [3.05, 3.63) is 96.1 Å². The van der Waals surface area contributed by atoms with Gasteiger partial charge in [0.1, 0.15) is 5.75 Å². The van der Waals surface area contributed by atoms with Crippen molar-refractivity contribution in [2.45, 2.75) is 70.1 Å². The number of hydrogen-bond acceptors (Lipinski definition) is 7. The summed E-state index contributed by atoms with van der Waals surface area (Å²) in [6.07, 6.45) is 1.60. The summed E-state index contributed by atoms with van der Waals surface area (Å²) in [7, 11) is -2.23. The highest BCUT2D eigenvalue weighted by molar-refractivity contribution is 7.92. The number of aryl methyl sites for hydroxylation is 1. The van der Waals surface area contributed by atoms with Gasteiger partial charge in [-0.25, -0.2) is 13.2 Å². The molecule has 3 amide bonds. The summed E-state index contributed by atoms with van der Waals surface area (Å²) in [6, 6.07) is 23.9. The van der Waals surface area contributed by atoms with Gasteiger partial charge in [-0.05, 0) is 81.8 Å². The zero-order valence-electron chi connectivity index (χ0n) is 30.5. The third-order valence-electron chi connectivity index (χ3n) is 9.47. The van der Waals surface area contributed by atoms with Crippen LogP contribution in [0.1, 0.15) is 56.0 Å². The van der Waals surface area contributed by atoms with E-state index in [0.717, 1.165) is 29.2 Å². The smallest absolute Gasteiger partial charge is 0.321 e. The van der Waals surface area contributed by atoms with Crippen molar-refractivity contribution >= 4 is 44.1 Å². The maximum Gasteiger partial charge on any atom is 0.321 e. The molecule has 11 nitrogen and oxygen atoms in total. The molecular weight excluding hydrogens is 681 g/mol. The minimum atomic E-state index is -3.94. The summed E-state index contributed by atoms with van der Waals surface area (Å²) in [5.41, 5.74) is 2.01. The number of ether oxygens (including phenoxy) is 2. The molecule has 1 aliphatic rings. The average molecular weight is 731 g/mol. The highest BCUT2D eigenvalue weighted by Gasteiger charge is 2.31. The zero-order valence-corrected chi connectivity index (χ0v) is 31.4. The lowest BCUT2D eigenvalue weighted by Gasteiger charge is -2.35. The Hall–Kier alpha value is -4.65. The molecule has 0 aliphatic carbocycles. The van der Waals surface area contributed by atoms with Gasteiger partial charge in [0.05, 0.1) is 41.0 Å². The molecule has 0 saturated heterocycles. The van der Waals surface area contributed by atoms with E-state index in [1.165, 1.54) is 18.2 Å². The Morgan fingerprint density at radius 3 is 2.50 bits per heavy atom. The molecule has 12 heteroatoms. The first-order valence-electron chi connectivity index (χ1n) is 17.8. The topological polar surface area (TPSA) is 138 Å². The fraction of sp³-hybridized carbons (Fsp3) is 0.400. The molecule has 5 rings (SSSR count). The molecule has 4 aromatic carbocycles. The number of amides is 3. The molecule has 0 saturated carbocycles. The normalized spacial score (nSPS) is 19.5. The molecule has 1 heterocycles. The van der Waals surface area contributed by atoms with Gasteiger partial charge in [0, 0.05) is 43.7 Å². The second-order valence-electron chi connectivity index (χ2n) is 13.8. The third-order valence-corrected chi connectivity index (χ3v) is 10.9. The summed E-state index contributed by atoms with van der Waals surface area (Å²) in [5.74, 6) is -0.363. The molecule has 278 valence electrons. The summed E-state index contributed by atoms with van der Waals surface area (Å²) >= 11 is 0. The average Bonchev–Trinajstić information content (AvgIpc) is 3.12. The van der Waals surface area contributed by atoms with Gasteiger partial charge in [-0.15, -0.1) is 0 Å². The highest BCUT2D eigenvalue weighted by atomic mass is 32.2. The van der Waals surface area contributed by atoms with Crippen LogP contribution in [-0.2, 0) is 14.8 Å². The summed E-state index contributed by atoms with van der Waals surface area (Å²) in [5, 5.41) is 15.3. The summed E-state index contributed by atoms with van der Waals surface area (Å²) in [6.45, 7) is 8.13. The minimum Gasteiger partial charge on any atom is -0.490 e. The minimum absolute atomic E-state index is 0.0977. The molecular formula is C40H50N4O7S. The van der Waals surface area contributed by atoms with E-state index in [4.69, 9.17) is 9.47 Å². The first-order chi connectivity index (χ1) is 24.9. The molecule has 0 fully saturated rings. The first kappa shape index (κ1) is 38.6. The Labute approximate surface area is 307 Å². The number of urea groups is 1. The van der Waals surface area contributed by atoms with Crippen LogP contribution >= 0.6 is 0 Å². The third kappa shape index (κ3) is 9.61. The van der Waals surface area contributed by atoms with Crippen LogP contribution in [0.2, 0.25) is 0 Å². The molecule has 3 N–H and O–H groups in total. The fourth-order valence-electron chi connectivity index (χ4n) is 6.28. The Bertz CT molecular complexity index is 1950. The quantitative estimate of drug-likeness (QED) is 0.179. The monoisotopic (exact) mass is 730 g/mol. The predicted molar refractivity (Wildman–Crippen MR) is 204 cm³/mol. The number of fused-ring (bicyclic) bond motifs is 2. The molecule has 0 spiro atoms. The van der Waals surface area contributed by atoms with Crippen molar-refractivity contribution in [2.24, 2.45) is 5.92 Å². The predicted octanol–water partition coefficient (Wildman–Crippen LogP) is 6.91. The number of nitrogens with one attached hydrogen (secondary N) is 2. The van der Waals surface area contributed by atoms with E-state index in [2.05, 4.69) is 10.0 Å². The maximum atomic E-state index is 14.5. The van der Waals surface area contributed by atoms with Crippen LogP contribution in [0, 0.1) is 12.8 Å². The highest BCUT2D eigenvalue weighted by Crippen LogP contribution is 2.30. The van der Waals surface area contributed by atoms with Gasteiger partial charge in [-0.1, -0.05) is 61.0 Å². The van der Waals surface area contributed by atoms with Gasteiger partial charge < -0.3 is 29.7 Å². The van der Waals surface area contributed by atoms with Gasteiger partial charge in [0.2, 0.25) is 0 Å². The molecule has 0 radical (unpaired) electrons. The van der Waals surface area contributed by atoms with Crippen LogP contribution in [0.4, 0.5) is 16.2 Å². The number of rotatable bonds is 8. The Balaban J connectivity index is 1.40. The SMILES string of the molecule is Cc1ccc(S(=O)(=O)Nc2ccc3c(c2)C(=O)N([C@H](C)CO)C[C@H](C)[C@H](CN(C)C(=O)Nc2cccc4ccccc24)OCCCC[C@@H](C)O3)cc1. The van der Waals surface area contributed by atoms with Crippen molar-refractivity contribution in [1.82, 2.24) is 9.80 Å². The lowest BCUT2D eigenvalue weighted by atomic mass is 10.0. The van der Waals surface area contributed by atoms with Crippen LogP contribution in [0.3, 0.4) is 0 Å². The van der Waals surface area contributed by atoms with Crippen molar-refractivity contribution in [2.75, 3.05) is 43.4 Å². The van der Waals surface area contributed by atoms with E-state index in [-0.39, 0.29) is 53.9 Å². The van der Waals surface area contributed by atoms with Crippen LogP contribution in [0.15, 0.2) is 89.8 Å². The number of aliphatic hydroxyl groups is 1. The van der Waals surface area contributed by atoms with Gasteiger partial charge in [-0.3, -0.25) is 9.52 Å². The molecule has 1 aliphatic heterocycles. The number of hydrogen-bond donors (Lipinski definition) is 3. The molecule has 52 heavy (non-hydrogen) atoms. The zero-order chi connectivity index (χ0) is 37.4. The van der Waals surface area contributed by atoms with Crippen LogP contribution in [0.25, 0.3) is 10.8 Å². The first-order valence-corrected chi connectivity index (χ1v) is 19.3. The number of aliphatic hydroxyl groups excluding tert-OH is 1. The Kier molecular flexibility index (Phi) is 12.8. The molecule has 4 atom stereocenters. The van der Waals surface area contributed by atoms with Crippen LogP contribution in [0.5, 0.6) is 5.75 Å². The number of anilines is 2. The van der Waals surface area contributed by atoms with E-state index >= 15 is 0 Å². The lowest BCUT2D eigenvalue weighted by Crippen LogP contribution is -2.48. The fourth-order valence-corrected chi connectivity index (χ4v) is 7.33. The molecule has 0 aromatic heterocycles. The number of benzene rings is 4. The van der Waals surface area contributed by atoms with E-state index in [0.29, 0.717) is 24.5 Å². The van der Waals surface area contributed by atoms with E-state index in [1.54, 1.807) is 48.0 Å². The largest absolute Gasteiger partial charge is 0.490 e. The second kappa shape index (κ2) is 17.2. The Morgan fingerprint density at radius 1 is 1.02 bits per heavy atom. The van der Waals surface area contributed by atoms with Crippen molar-refractivity contribution < 1.29 is 32.6 Å². The molecule has 0 unspecified atom stereocenters. The second-order valence-corrected chi connectivity index (χ2v) is 15.4. The van der Waals surface area contributed by atoms with Gasteiger partial charge >= 0.3 is 6.03 Å². The van der Waals surface area contributed by atoms with Crippen LogP contribution in [-0.4, -0.2) is 86.9 Å². The summed E-state index contributed by atoms with van der Waals surface area (Å²) in [4.78, 5) is 31.2. The Morgan fingerprint density at radius 2 is 1.75 bits per heavy atom. The van der Waals surface area contributed by atoms with Gasteiger partial charge in [-0.2, -0.15) is 0 Å². The number of sulfonamides is 1. The standard InChI is InChI=1S/C40H50N4O7S/c1-27-16-19-33(20-17-27)52(48,49)42-32-18-21-37-35(23-32)39(46)44(29(3)26-45)24-28(2)38(50-22-9-8-11-30(4)51-37)25-43(5)40(47)41-36-15-10-13-31-12-6-7-14-34(31)36/h6-7,10,12-21,23,28-30,38,42,45H,8-9,11,22,24-26H2,1-5H3,(H,41,47)/t28-,29+,30+,38-/m0/s1. The van der Waals surface area contributed by atoms with Crippen molar-refractivity contribution in [3.63, 3.8) is 0 Å². The number of carbonyl (C=O) groups excluding carboxylic acids is 2.